The van der Waals surface area contributed by atoms with E-state index >= 15 is 0 Å². The van der Waals surface area contributed by atoms with Gasteiger partial charge in [0.15, 0.2) is 0 Å². The lowest BCUT2D eigenvalue weighted by atomic mass is 9.95. The van der Waals surface area contributed by atoms with E-state index in [4.69, 9.17) is 0 Å². The third-order valence-corrected chi connectivity index (χ3v) is 5.13. The second kappa shape index (κ2) is 9.63. The summed E-state index contributed by atoms with van der Waals surface area (Å²) < 4.78 is 37.8. The summed E-state index contributed by atoms with van der Waals surface area (Å²) in [6.07, 6.45) is -3.45. The molecule has 31 heavy (non-hydrogen) atoms. The third kappa shape index (κ3) is 6.07. The fourth-order valence-corrected chi connectivity index (χ4v) is 3.34. The summed E-state index contributed by atoms with van der Waals surface area (Å²) in [4.78, 5) is 38.4. The van der Waals surface area contributed by atoms with E-state index in [1.54, 1.807) is 17.0 Å². The van der Waals surface area contributed by atoms with E-state index in [-0.39, 0.29) is 29.8 Å². The molecule has 1 fully saturated rings. The van der Waals surface area contributed by atoms with Crippen molar-refractivity contribution in [1.82, 2.24) is 10.2 Å². The highest BCUT2D eigenvalue weighted by Gasteiger charge is 2.30. The Labute approximate surface area is 177 Å². The Hall–Kier alpha value is -3.36. The summed E-state index contributed by atoms with van der Waals surface area (Å²) in [5.74, 6) is -1.22. The van der Waals surface area contributed by atoms with Gasteiger partial charge in [-0.15, -0.1) is 0 Å². The first-order valence-corrected chi connectivity index (χ1v) is 9.83. The highest BCUT2D eigenvalue weighted by molar-refractivity contribution is 5.96. The molecular formula is C22H22F3N3O3. The minimum Gasteiger partial charge on any atom is -0.343 e. The summed E-state index contributed by atoms with van der Waals surface area (Å²) in [6, 6.07) is 12.9. The van der Waals surface area contributed by atoms with Gasteiger partial charge in [0.1, 0.15) is 0 Å². The number of likely N-dealkylation sites (tertiary alicyclic amines) is 1. The average molecular weight is 433 g/mol. The average Bonchev–Trinajstić information content (AvgIpc) is 2.77. The number of rotatable bonds is 5. The van der Waals surface area contributed by atoms with Crippen LogP contribution in [0, 0.1) is 5.92 Å². The van der Waals surface area contributed by atoms with Gasteiger partial charge in [0.05, 0.1) is 12.1 Å². The fraction of sp³-hybridized carbons (Fsp3) is 0.318. The monoisotopic (exact) mass is 433 g/mol. The van der Waals surface area contributed by atoms with Gasteiger partial charge in [-0.3, -0.25) is 14.4 Å². The number of carbonyl (C=O) groups is 3. The molecule has 3 amide bonds. The van der Waals surface area contributed by atoms with Crippen molar-refractivity contribution in [3.8, 4) is 0 Å². The second-order valence-electron chi connectivity index (χ2n) is 7.27. The number of carbonyl (C=O) groups excluding carboxylic acids is 3. The molecule has 0 spiro atoms. The van der Waals surface area contributed by atoms with Crippen molar-refractivity contribution in [1.29, 1.82) is 0 Å². The number of benzene rings is 2. The molecule has 9 heteroatoms. The van der Waals surface area contributed by atoms with Crippen molar-refractivity contribution in [3.63, 3.8) is 0 Å². The topological polar surface area (TPSA) is 78.5 Å². The SMILES string of the molecule is O=C(NCC(=O)N1CCC(C(=O)Nc2ccccc2)CC1)c1ccc(C(F)(F)F)cc1. The first kappa shape index (κ1) is 22.3. The standard InChI is InChI=1S/C22H22F3N3O3/c23-22(24,25)17-8-6-15(7-9-17)20(30)26-14-19(29)28-12-10-16(11-13-28)21(31)27-18-4-2-1-3-5-18/h1-9,16H,10-14H2,(H,26,30)(H,27,31). The van der Waals surface area contributed by atoms with E-state index in [2.05, 4.69) is 10.6 Å². The maximum Gasteiger partial charge on any atom is 0.416 e. The number of amides is 3. The van der Waals surface area contributed by atoms with Crippen LogP contribution in [0.25, 0.3) is 0 Å². The van der Waals surface area contributed by atoms with Gasteiger partial charge in [-0.2, -0.15) is 13.2 Å². The Balaban J connectivity index is 1.43. The number of nitrogens with one attached hydrogen (secondary N) is 2. The lowest BCUT2D eigenvalue weighted by Crippen LogP contribution is -2.45. The number of piperidine rings is 1. The molecule has 0 unspecified atom stereocenters. The number of hydrogen-bond acceptors (Lipinski definition) is 3. The van der Waals surface area contributed by atoms with Crippen LogP contribution in [-0.2, 0) is 15.8 Å². The number of hydrogen-bond donors (Lipinski definition) is 2. The molecule has 2 aromatic carbocycles. The number of nitrogens with zero attached hydrogens (tertiary/aromatic N) is 1. The van der Waals surface area contributed by atoms with E-state index in [1.165, 1.54) is 0 Å². The number of para-hydroxylation sites is 1. The van der Waals surface area contributed by atoms with Crippen molar-refractivity contribution in [2.45, 2.75) is 19.0 Å². The van der Waals surface area contributed by atoms with Crippen LogP contribution in [-0.4, -0.2) is 42.3 Å². The summed E-state index contributed by atoms with van der Waals surface area (Å²) in [5.41, 5.74) is -0.0895. The van der Waals surface area contributed by atoms with Gasteiger partial charge in [0.2, 0.25) is 11.8 Å². The molecule has 1 aliphatic heterocycles. The van der Waals surface area contributed by atoms with Crippen LogP contribution < -0.4 is 10.6 Å². The Morgan fingerprint density at radius 2 is 1.55 bits per heavy atom. The summed E-state index contributed by atoms with van der Waals surface area (Å²) >= 11 is 0. The van der Waals surface area contributed by atoms with Crippen LogP contribution in [0.2, 0.25) is 0 Å². The minimum absolute atomic E-state index is 0.0390. The van der Waals surface area contributed by atoms with Gasteiger partial charge in [0, 0.05) is 30.3 Å². The normalized spacial score (nSPS) is 14.7. The van der Waals surface area contributed by atoms with Crippen LogP contribution >= 0.6 is 0 Å². The van der Waals surface area contributed by atoms with Gasteiger partial charge in [-0.05, 0) is 49.2 Å². The maximum atomic E-state index is 12.6. The fourth-order valence-electron chi connectivity index (χ4n) is 3.34. The van der Waals surface area contributed by atoms with Crippen molar-refractivity contribution in [2.75, 3.05) is 25.0 Å². The van der Waals surface area contributed by atoms with E-state index in [1.807, 2.05) is 18.2 Å². The molecule has 3 rings (SSSR count). The van der Waals surface area contributed by atoms with Crippen LogP contribution in [0.1, 0.15) is 28.8 Å². The highest BCUT2D eigenvalue weighted by Crippen LogP contribution is 2.29. The van der Waals surface area contributed by atoms with Gasteiger partial charge in [0.25, 0.3) is 5.91 Å². The number of halogens is 3. The molecule has 2 N–H and O–H groups in total. The van der Waals surface area contributed by atoms with Gasteiger partial charge >= 0.3 is 6.18 Å². The van der Waals surface area contributed by atoms with E-state index in [0.29, 0.717) is 25.9 Å². The molecule has 164 valence electrons. The third-order valence-electron chi connectivity index (χ3n) is 5.13. The molecule has 0 bridgehead atoms. The van der Waals surface area contributed by atoms with Crippen molar-refractivity contribution in [3.05, 3.63) is 65.7 Å². The zero-order valence-electron chi connectivity index (χ0n) is 16.6. The lowest BCUT2D eigenvalue weighted by Gasteiger charge is -2.31. The maximum absolute atomic E-state index is 12.6. The molecule has 0 saturated carbocycles. The number of anilines is 1. The Kier molecular flexibility index (Phi) is 6.94. The predicted octanol–water partition coefficient (Wildman–Crippen LogP) is 3.31. The molecule has 6 nitrogen and oxygen atoms in total. The summed E-state index contributed by atoms with van der Waals surface area (Å²) in [7, 11) is 0. The minimum atomic E-state index is -4.48. The summed E-state index contributed by atoms with van der Waals surface area (Å²) in [5, 5.41) is 5.29. The molecule has 0 aliphatic carbocycles. The first-order chi connectivity index (χ1) is 14.7. The van der Waals surface area contributed by atoms with Crippen molar-refractivity contribution < 1.29 is 27.6 Å². The first-order valence-electron chi connectivity index (χ1n) is 9.83. The summed E-state index contributed by atoms with van der Waals surface area (Å²) in [6.45, 7) is 0.518. The Morgan fingerprint density at radius 1 is 0.935 bits per heavy atom. The lowest BCUT2D eigenvalue weighted by molar-refractivity contribution is -0.137. The van der Waals surface area contributed by atoms with Crippen LogP contribution in [0.4, 0.5) is 18.9 Å². The largest absolute Gasteiger partial charge is 0.416 e. The van der Waals surface area contributed by atoms with E-state index in [9.17, 15) is 27.6 Å². The molecule has 2 aromatic rings. The second-order valence-corrected chi connectivity index (χ2v) is 7.27. The molecule has 0 aromatic heterocycles. The van der Waals surface area contributed by atoms with Crippen LogP contribution in [0.15, 0.2) is 54.6 Å². The van der Waals surface area contributed by atoms with Gasteiger partial charge in [-0.25, -0.2) is 0 Å². The van der Waals surface area contributed by atoms with Gasteiger partial charge < -0.3 is 15.5 Å². The van der Waals surface area contributed by atoms with Crippen molar-refractivity contribution in [2.24, 2.45) is 5.92 Å². The van der Waals surface area contributed by atoms with Gasteiger partial charge in [-0.1, -0.05) is 18.2 Å². The molecular weight excluding hydrogens is 411 g/mol. The highest BCUT2D eigenvalue weighted by atomic mass is 19.4. The van der Waals surface area contributed by atoms with Crippen LogP contribution in [0.3, 0.4) is 0 Å². The zero-order valence-corrected chi connectivity index (χ0v) is 16.6. The van der Waals surface area contributed by atoms with Crippen molar-refractivity contribution >= 4 is 23.4 Å². The Bertz CT molecular complexity index is 923. The predicted molar refractivity (Wildman–Crippen MR) is 108 cm³/mol. The molecule has 0 radical (unpaired) electrons. The quantitative estimate of drug-likeness (QED) is 0.760. The molecule has 1 saturated heterocycles. The Morgan fingerprint density at radius 3 is 2.13 bits per heavy atom. The smallest absolute Gasteiger partial charge is 0.343 e. The van der Waals surface area contributed by atoms with E-state index in [0.717, 1.165) is 30.0 Å². The molecule has 0 atom stereocenters. The molecule has 1 heterocycles. The zero-order chi connectivity index (χ0) is 22.4. The van der Waals surface area contributed by atoms with Crippen LogP contribution in [0.5, 0.6) is 0 Å². The van der Waals surface area contributed by atoms with E-state index < -0.39 is 17.6 Å². The molecule has 1 aliphatic rings. The number of alkyl halides is 3.